The molecule has 0 bridgehead atoms. The number of aliphatic carboxylic acids is 1. The van der Waals surface area contributed by atoms with Crippen molar-refractivity contribution >= 4 is 29.2 Å². The second kappa shape index (κ2) is 12.7. The maximum atomic E-state index is 14.1. The van der Waals surface area contributed by atoms with Gasteiger partial charge in [-0.15, -0.1) is 0 Å². The second-order valence-corrected chi connectivity index (χ2v) is 9.66. The average Bonchev–Trinajstić information content (AvgIpc) is 2.82. The Labute approximate surface area is 220 Å². The van der Waals surface area contributed by atoms with E-state index >= 15 is 0 Å². The van der Waals surface area contributed by atoms with E-state index in [-0.39, 0.29) is 25.5 Å². The summed E-state index contributed by atoms with van der Waals surface area (Å²) in [5.74, 6) is -2.11. The van der Waals surface area contributed by atoms with Crippen LogP contribution in [0, 0.1) is 12.8 Å². The summed E-state index contributed by atoms with van der Waals surface area (Å²) in [5, 5.41) is 12.5. The van der Waals surface area contributed by atoms with Crippen molar-refractivity contribution in [3.05, 3.63) is 85.1 Å². The number of nitrogens with one attached hydrogen (secondary N) is 1. The lowest BCUT2D eigenvalue weighted by Gasteiger charge is -2.18. The maximum absolute atomic E-state index is 14.1. The number of alkyl halides is 1. The van der Waals surface area contributed by atoms with Gasteiger partial charge in [0.1, 0.15) is 5.67 Å². The van der Waals surface area contributed by atoms with Gasteiger partial charge in [0.25, 0.3) is 0 Å². The van der Waals surface area contributed by atoms with Gasteiger partial charge in [0, 0.05) is 23.7 Å². The van der Waals surface area contributed by atoms with Crippen LogP contribution in [0.4, 0.5) is 16.0 Å². The molecular weight excluding hydrogens is 499 g/mol. The summed E-state index contributed by atoms with van der Waals surface area (Å²) >= 11 is 6.34. The van der Waals surface area contributed by atoms with Crippen LogP contribution in [0.1, 0.15) is 51.3 Å². The van der Waals surface area contributed by atoms with Crippen molar-refractivity contribution in [2.24, 2.45) is 5.92 Å². The Kier molecular flexibility index (Phi) is 10.2. The summed E-state index contributed by atoms with van der Waals surface area (Å²) < 4.78 is 16.1. The van der Waals surface area contributed by atoms with Crippen LogP contribution in [0.3, 0.4) is 0 Å². The van der Waals surface area contributed by atoms with E-state index in [2.05, 4.69) is 10.3 Å². The minimum atomic E-state index is -1.44. The molecule has 0 fully saturated rings. The number of carboxylic acid groups (broad SMARTS) is 1. The van der Waals surface area contributed by atoms with E-state index in [0.29, 0.717) is 16.3 Å². The van der Waals surface area contributed by atoms with Gasteiger partial charge < -0.3 is 10.4 Å². The normalized spacial score (nSPS) is 11.9. The fourth-order valence-corrected chi connectivity index (χ4v) is 3.75. The molecule has 0 aliphatic carbocycles. The van der Waals surface area contributed by atoms with Gasteiger partial charge >= 0.3 is 17.3 Å². The zero-order valence-electron chi connectivity index (χ0n) is 22.0. The number of benzene rings is 2. The van der Waals surface area contributed by atoms with Crippen LogP contribution in [0.2, 0.25) is 5.02 Å². The highest BCUT2D eigenvalue weighted by molar-refractivity contribution is 6.31. The van der Waals surface area contributed by atoms with E-state index < -0.39 is 28.9 Å². The summed E-state index contributed by atoms with van der Waals surface area (Å²) in [6, 6.07) is 12.4. The molecule has 0 saturated carbocycles. The van der Waals surface area contributed by atoms with Crippen LogP contribution in [-0.4, -0.2) is 30.9 Å². The summed E-state index contributed by atoms with van der Waals surface area (Å²) in [7, 11) is 0. The van der Waals surface area contributed by atoms with Crippen LogP contribution in [0.15, 0.2) is 52.1 Å². The molecule has 0 aliphatic heterocycles. The summed E-state index contributed by atoms with van der Waals surface area (Å²) in [6.07, 6.45) is 0.125. The predicted octanol–water partition coefficient (Wildman–Crippen LogP) is 5.20. The van der Waals surface area contributed by atoms with E-state index in [0.717, 1.165) is 15.7 Å². The lowest BCUT2D eigenvalue weighted by atomic mass is 10.00. The molecule has 1 heterocycles. The number of aromatic nitrogens is 3. The first-order valence-corrected chi connectivity index (χ1v) is 12.5. The van der Waals surface area contributed by atoms with Gasteiger partial charge in [0.15, 0.2) is 0 Å². The molecule has 3 rings (SSSR count). The first-order valence-electron chi connectivity index (χ1n) is 12.1. The van der Waals surface area contributed by atoms with Gasteiger partial charge in [-0.25, -0.2) is 18.5 Å². The summed E-state index contributed by atoms with van der Waals surface area (Å²) in [5.41, 5.74) is -0.0899. The number of carboxylic acids is 1. The van der Waals surface area contributed by atoms with E-state index in [1.807, 2.05) is 45.0 Å². The summed E-state index contributed by atoms with van der Waals surface area (Å²) in [6.45, 7) is 10.1. The van der Waals surface area contributed by atoms with Crippen molar-refractivity contribution in [1.29, 1.82) is 0 Å². The van der Waals surface area contributed by atoms with Crippen molar-refractivity contribution in [2.75, 3.05) is 5.32 Å². The molecule has 1 aromatic heterocycles. The molecule has 8 nitrogen and oxygen atoms in total. The summed E-state index contributed by atoms with van der Waals surface area (Å²) in [4.78, 5) is 41.3. The molecule has 2 aromatic carbocycles. The van der Waals surface area contributed by atoms with Crippen molar-refractivity contribution in [3.63, 3.8) is 0 Å². The van der Waals surface area contributed by atoms with Gasteiger partial charge in [-0.1, -0.05) is 68.3 Å². The predicted molar refractivity (Wildman–Crippen MR) is 145 cm³/mol. The van der Waals surface area contributed by atoms with Crippen molar-refractivity contribution in [1.82, 2.24) is 14.1 Å². The molecule has 1 unspecified atom stereocenters. The molecule has 0 saturated heterocycles. The van der Waals surface area contributed by atoms with Crippen LogP contribution < -0.4 is 16.7 Å². The first kappa shape index (κ1) is 29.8. The lowest BCUT2D eigenvalue weighted by molar-refractivity contribution is -0.141. The Balaban J connectivity index is 0.00000235. The highest BCUT2D eigenvalue weighted by Gasteiger charge is 2.20. The quantitative estimate of drug-likeness (QED) is 0.392. The van der Waals surface area contributed by atoms with E-state index in [1.165, 1.54) is 25.3 Å². The highest BCUT2D eigenvalue weighted by atomic mass is 35.5. The Morgan fingerprint density at radius 1 is 1.14 bits per heavy atom. The molecule has 0 radical (unpaired) electrons. The third-order valence-corrected chi connectivity index (χ3v) is 5.76. The molecule has 0 aliphatic rings. The van der Waals surface area contributed by atoms with Crippen molar-refractivity contribution in [3.8, 4) is 0 Å². The number of rotatable bonds is 9. The molecule has 2 N–H and O–H groups in total. The highest BCUT2D eigenvalue weighted by Crippen LogP contribution is 2.27. The van der Waals surface area contributed by atoms with Crippen LogP contribution in [-0.2, 0) is 24.3 Å². The molecule has 1 atom stereocenters. The van der Waals surface area contributed by atoms with E-state index in [9.17, 15) is 23.9 Å². The average molecular weight is 533 g/mol. The number of carbonyl (C=O) groups is 1. The van der Waals surface area contributed by atoms with E-state index in [1.54, 1.807) is 18.2 Å². The maximum Gasteiger partial charge on any atom is 0.354 e. The molecule has 3 aromatic rings. The number of anilines is 2. The van der Waals surface area contributed by atoms with Crippen LogP contribution >= 0.6 is 11.6 Å². The minimum absolute atomic E-state index is 0.0190. The van der Waals surface area contributed by atoms with Crippen LogP contribution in [0.25, 0.3) is 0 Å². The molecule has 10 heteroatoms. The van der Waals surface area contributed by atoms with Gasteiger partial charge in [0.05, 0.1) is 12.5 Å². The minimum Gasteiger partial charge on any atom is -0.481 e. The standard InChI is InChI=1S/C25H28ClFN4O4.C2H6/c1-15-5-7-17(8-6-15)14-30-22(29-23(34)31(24(30)35)13-16(2)21(32)33)28-19-10-9-18(20(26)11-19)12-25(3,4)27;1-2/h5-11,16H,12-14H2,1-4H3,(H,32,33)(H,28,29,34);1-2H3. The number of halogens is 2. The first-order chi connectivity index (χ1) is 17.3. The fraction of sp³-hybridized carbons (Fsp3) is 0.407. The number of aryl methyl sites for hydroxylation is 1. The van der Waals surface area contributed by atoms with Gasteiger partial charge in [-0.2, -0.15) is 4.98 Å². The third-order valence-electron chi connectivity index (χ3n) is 5.41. The van der Waals surface area contributed by atoms with Gasteiger partial charge in [-0.05, 0) is 44.0 Å². The third kappa shape index (κ3) is 8.28. The SMILES string of the molecule is CC.Cc1ccc(Cn2c(Nc3ccc(CC(C)(C)F)c(Cl)c3)nc(=O)n(CC(C)C(=O)O)c2=O)cc1. The molecule has 0 spiro atoms. The molecule has 37 heavy (non-hydrogen) atoms. The topological polar surface area (TPSA) is 106 Å². The van der Waals surface area contributed by atoms with Gasteiger partial charge in [-0.3, -0.25) is 9.36 Å². The Morgan fingerprint density at radius 3 is 2.30 bits per heavy atom. The van der Waals surface area contributed by atoms with Crippen molar-refractivity contribution < 1.29 is 14.3 Å². The van der Waals surface area contributed by atoms with Crippen LogP contribution in [0.5, 0.6) is 0 Å². The second-order valence-electron chi connectivity index (χ2n) is 9.25. The number of hydrogen-bond donors (Lipinski definition) is 2. The molecule has 200 valence electrons. The Hall–Kier alpha value is -3.46. The lowest BCUT2D eigenvalue weighted by Crippen LogP contribution is -2.44. The largest absolute Gasteiger partial charge is 0.481 e. The number of hydrogen-bond acceptors (Lipinski definition) is 5. The van der Waals surface area contributed by atoms with Crippen molar-refractivity contribution in [2.45, 2.75) is 66.7 Å². The molecule has 0 amide bonds. The zero-order chi connectivity index (χ0) is 27.9. The Bertz CT molecular complexity index is 1340. The Morgan fingerprint density at radius 2 is 1.76 bits per heavy atom. The van der Waals surface area contributed by atoms with Gasteiger partial charge in [0.2, 0.25) is 5.95 Å². The van der Waals surface area contributed by atoms with E-state index in [4.69, 9.17) is 11.6 Å². The number of nitrogens with zero attached hydrogens (tertiary/aromatic N) is 3. The smallest absolute Gasteiger partial charge is 0.354 e. The zero-order valence-corrected chi connectivity index (χ0v) is 22.8. The fourth-order valence-electron chi connectivity index (χ4n) is 3.50. The monoisotopic (exact) mass is 532 g/mol. The molecular formula is C27H34ClFN4O4.